The Balaban J connectivity index is 1.86. The van der Waals surface area contributed by atoms with Crippen LogP contribution in [-0.2, 0) is 19.2 Å². The maximum atomic E-state index is 13.5. The predicted octanol–water partition coefficient (Wildman–Crippen LogP) is 3.48. The quantitative estimate of drug-likeness (QED) is 0.353. The van der Waals surface area contributed by atoms with Gasteiger partial charge in [0.25, 0.3) is 0 Å². The van der Waals surface area contributed by atoms with Crippen LogP contribution in [0.5, 0.6) is 11.5 Å². The van der Waals surface area contributed by atoms with Crippen LogP contribution in [0, 0.1) is 0 Å². The monoisotopic (exact) mass is 570 g/mol. The molecule has 3 rings (SSSR count). The number of nitrogens with zero attached hydrogens (tertiary/aromatic N) is 1. The Morgan fingerprint density at radius 2 is 1.55 bits per heavy atom. The molecule has 2 aromatic rings. The summed E-state index contributed by atoms with van der Waals surface area (Å²) in [4.78, 5) is 54.6. The van der Waals surface area contributed by atoms with Crippen molar-refractivity contribution in [3.05, 3.63) is 48.5 Å². The third-order valence-electron chi connectivity index (χ3n) is 5.06. The summed E-state index contributed by atoms with van der Waals surface area (Å²) < 4.78 is 18.1. The number of hydrogen-bond donors (Lipinski definition) is 2. The van der Waals surface area contributed by atoms with Gasteiger partial charge < -0.3 is 0 Å². The summed E-state index contributed by atoms with van der Waals surface area (Å²) in [5, 5.41) is 11.4. The molecule has 2 amide bonds. The summed E-state index contributed by atoms with van der Waals surface area (Å²) in [6.45, 7) is -1.39. The van der Waals surface area contributed by atoms with E-state index in [1.165, 1.54) is 4.90 Å². The average Bonchev–Trinajstić information content (AvgIpc) is 2.79. The second-order valence-corrected chi connectivity index (χ2v) is 13.7. The van der Waals surface area contributed by atoms with Gasteiger partial charge in [-0.25, -0.2) is 0 Å². The third kappa shape index (κ3) is 5.67. The van der Waals surface area contributed by atoms with Crippen LogP contribution >= 0.6 is 19.8 Å². The van der Waals surface area contributed by atoms with E-state index in [-0.39, 0.29) is 12.3 Å². The van der Waals surface area contributed by atoms with Gasteiger partial charge in [0.05, 0.1) is 0 Å². The van der Waals surface area contributed by atoms with Gasteiger partial charge >= 0.3 is 198 Å². The Bertz CT molecular complexity index is 1030. The Morgan fingerprint density at radius 3 is 2.03 bits per heavy atom. The Morgan fingerprint density at radius 1 is 1.00 bits per heavy atom. The van der Waals surface area contributed by atoms with Crippen molar-refractivity contribution >= 4 is 54.8 Å². The number of carboxylic acid groups (broad SMARTS) is 1. The van der Waals surface area contributed by atoms with Crippen molar-refractivity contribution in [1.29, 1.82) is 0 Å². The zero-order valence-electron chi connectivity index (χ0n) is 18.1. The molecule has 0 radical (unpaired) electrons. The molecule has 1 aliphatic heterocycles. The van der Waals surface area contributed by atoms with Crippen molar-refractivity contribution < 1.29 is 33.4 Å². The predicted molar refractivity (Wildman–Crippen MR) is 130 cm³/mol. The van der Waals surface area contributed by atoms with E-state index in [1.54, 1.807) is 48.5 Å². The first-order chi connectivity index (χ1) is 15.7. The summed E-state index contributed by atoms with van der Waals surface area (Å²) in [5.74, 6) is -2.29. The van der Waals surface area contributed by atoms with Gasteiger partial charge in [0, 0.05) is 0 Å². The van der Waals surface area contributed by atoms with Crippen LogP contribution in [0.2, 0.25) is 0 Å². The number of halogens is 2. The fraction of sp³-hybridized carbons (Fsp3) is 0.304. The van der Waals surface area contributed by atoms with Gasteiger partial charge in [-0.05, 0) is 0 Å². The number of para-hydroxylation sites is 4. The number of rotatable bonds is 9. The molecule has 0 bridgehead atoms. The van der Waals surface area contributed by atoms with E-state index >= 15 is 0 Å². The van der Waals surface area contributed by atoms with E-state index in [2.05, 4.69) is 5.32 Å². The van der Waals surface area contributed by atoms with E-state index < -0.39 is 60.5 Å². The number of nitrogens with one attached hydrogen (secondary N) is 1. The van der Waals surface area contributed by atoms with Crippen molar-refractivity contribution in [3.8, 4) is 11.5 Å². The molecule has 1 aliphatic rings. The number of Topliss-reactive ketones (excluding diaryl/α,β-unsaturated/α-hetero) is 1. The minimum atomic E-state index is -2.00. The first-order valence-electron chi connectivity index (χ1n) is 10.0. The van der Waals surface area contributed by atoms with Crippen LogP contribution in [0.1, 0.15) is 12.8 Å². The van der Waals surface area contributed by atoms with Crippen LogP contribution in [0.25, 0.3) is 0 Å². The van der Waals surface area contributed by atoms with E-state index in [1.807, 2.05) is 9.86 Å². The van der Waals surface area contributed by atoms with E-state index in [9.17, 15) is 23.6 Å². The number of amides is 2. The fourth-order valence-corrected chi connectivity index (χ4v) is 6.01. The Kier molecular flexibility index (Phi) is 8.01. The van der Waals surface area contributed by atoms with Gasteiger partial charge in [0.2, 0.25) is 0 Å². The first kappa shape index (κ1) is 24.6. The number of alkyl halides is 4. The molecule has 0 spiro atoms. The van der Waals surface area contributed by atoms with E-state index in [0.29, 0.717) is 22.9 Å². The molecule has 2 aromatic carbocycles. The van der Waals surface area contributed by atoms with Gasteiger partial charge in [-0.2, -0.15) is 0 Å². The minimum absolute atomic E-state index is 0.143. The molecule has 1 unspecified atom stereocenters. The summed E-state index contributed by atoms with van der Waals surface area (Å²) in [6.07, 6.45) is -0.864. The number of carboxylic acids is 1. The fourth-order valence-electron chi connectivity index (χ4n) is 3.44. The zero-order valence-corrected chi connectivity index (χ0v) is 20.2. The molecule has 1 heterocycles. The van der Waals surface area contributed by atoms with Gasteiger partial charge in [0.1, 0.15) is 0 Å². The molecule has 10 heteroatoms. The molecule has 176 valence electrons. The molecular formula is C23H24FIN2O6. The Hall–Kier alpha value is -3.02. The van der Waals surface area contributed by atoms with Crippen molar-refractivity contribution in [2.75, 3.05) is 21.4 Å². The van der Waals surface area contributed by atoms with Crippen LogP contribution < -0.4 is 15.0 Å². The second-order valence-electron chi connectivity index (χ2n) is 7.51. The average molecular weight is 570 g/mol. The summed E-state index contributed by atoms with van der Waals surface area (Å²) in [6, 6.07) is 12.6. The van der Waals surface area contributed by atoms with Crippen LogP contribution in [0.4, 0.5) is 15.8 Å². The van der Waals surface area contributed by atoms with E-state index in [0.717, 1.165) is 0 Å². The number of carbonyl (C=O) groups is 4. The number of ketones is 1. The number of ether oxygens (including phenoxy) is 1. The number of hydrogen-bond acceptors (Lipinski definition) is 5. The molecule has 0 saturated carbocycles. The third-order valence-corrected chi connectivity index (χ3v) is 9.08. The SMILES string of the molecule is CI(C)[C@H](CC(=O)N1c2ccccc2Oc2ccccc21)C(=O)NC(CC(=O)O)C(=O)CF. The number of benzene rings is 2. The van der Waals surface area contributed by atoms with Gasteiger partial charge in [-0.3, -0.25) is 0 Å². The molecule has 0 aliphatic carbocycles. The molecule has 2 N–H and O–H groups in total. The molecule has 8 nitrogen and oxygen atoms in total. The molecule has 2 atom stereocenters. The second kappa shape index (κ2) is 10.7. The summed E-state index contributed by atoms with van der Waals surface area (Å²) in [7, 11) is 0. The first-order valence-corrected chi connectivity index (χ1v) is 15.6. The van der Waals surface area contributed by atoms with Gasteiger partial charge in [0.15, 0.2) is 0 Å². The summed E-state index contributed by atoms with van der Waals surface area (Å²) in [5.41, 5.74) is 1.09. The topological polar surface area (TPSA) is 113 Å². The summed E-state index contributed by atoms with van der Waals surface area (Å²) >= 11 is -2.00. The van der Waals surface area contributed by atoms with Crippen LogP contribution in [-0.4, -0.2) is 55.2 Å². The Labute approximate surface area is 197 Å². The normalized spacial score (nSPS) is 14.2. The van der Waals surface area contributed by atoms with Gasteiger partial charge in [-0.15, -0.1) is 0 Å². The molecule has 0 fully saturated rings. The molecule has 33 heavy (non-hydrogen) atoms. The molecule has 0 aromatic heterocycles. The van der Waals surface area contributed by atoms with Gasteiger partial charge in [-0.1, -0.05) is 0 Å². The van der Waals surface area contributed by atoms with Crippen molar-refractivity contribution in [3.63, 3.8) is 0 Å². The van der Waals surface area contributed by atoms with Crippen molar-refractivity contribution in [2.45, 2.75) is 22.8 Å². The number of aliphatic carboxylic acids is 1. The van der Waals surface area contributed by atoms with Crippen molar-refractivity contribution in [2.24, 2.45) is 0 Å². The number of fused-ring (bicyclic) bond motifs is 2. The van der Waals surface area contributed by atoms with E-state index in [4.69, 9.17) is 9.84 Å². The van der Waals surface area contributed by atoms with Crippen LogP contribution in [0.3, 0.4) is 0 Å². The standard InChI is InChI=1S/C23H24FIN2O6/c1-25(2)14(23(32)26-15(12-22(30)31)18(28)13-24)11-21(29)27-16-7-3-5-9-19(16)33-20-10-6-4-8-17(20)27/h3-10,14-15H,11-13H2,1-2H3,(H,26,32)(H,30,31)/t14-,15?/m1/s1. The van der Waals surface area contributed by atoms with Crippen LogP contribution in [0.15, 0.2) is 48.5 Å². The molecule has 0 saturated heterocycles. The maximum absolute atomic E-state index is 13.5. The van der Waals surface area contributed by atoms with Crippen molar-refractivity contribution in [1.82, 2.24) is 5.32 Å². The zero-order chi connectivity index (χ0) is 24.1. The number of carbonyl (C=O) groups excluding carboxylic acids is 3. The number of anilines is 2. The molecular weight excluding hydrogens is 546 g/mol.